The minimum Gasteiger partial charge on any atom is -0.383 e. The minimum atomic E-state index is -0.260. The molecule has 1 amide bonds. The smallest absolute Gasteiger partial charge is 0.274 e. The van der Waals surface area contributed by atoms with Crippen molar-refractivity contribution in [2.75, 3.05) is 30.9 Å². The van der Waals surface area contributed by atoms with Gasteiger partial charge in [0, 0.05) is 25.5 Å². The Hall–Kier alpha value is -2.47. The van der Waals surface area contributed by atoms with Crippen LogP contribution in [0.15, 0.2) is 30.5 Å². The molecule has 1 heterocycles. The zero-order valence-corrected chi connectivity index (χ0v) is 13.0. The van der Waals surface area contributed by atoms with Crippen LogP contribution in [-0.4, -0.2) is 36.1 Å². The van der Waals surface area contributed by atoms with E-state index in [2.05, 4.69) is 20.6 Å². The van der Waals surface area contributed by atoms with Crippen LogP contribution in [-0.2, 0) is 4.74 Å². The van der Waals surface area contributed by atoms with Gasteiger partial charge in [0.2, 0.25) is 5.95 Å². The first-order valence-corrected chi connectivity index (χ1v) is 7.04. The third-order valence-corrected chi connectivity index (χ3v) is 3.11. The maximum Gasteiger partial charge on any atom is 0.274 e. The summed E-state index contributed by atoms with van der Waals surface area (Å²) in [6, 6.07) is 7.45. The van der Waals surface area contributed by atoms with Crippen LogP contribution in [0.1, 0.15) is 21.6 Å². The lowest BCUT2D eigenvalue weighted by molar-refractivity contribution is 0.102. The Morgan fingerprint density at radius 2 is 2.09 bits per heavy atom. The zero-order valence-electron chi connectivity index (χ0n) is 13.0. The van der Waals surface area contributed by atoms with Crippen molar-refractivity contribution in [2.24, 2.45) is 0 Å². The number of carbonyl (C=O) groups is 1. The van der Waals surface area contributed by atoms with Crippen LogP contribution in [0.25, 0.3) is 0 Å². The predicted molar refractivity (Wildman–Crippen MR) is 86.3 cm³/mol. The summed E-state index contributed by atoms with van der Waals surface area (Å²) in [6.07, 6.45) is 1.55. The van der Waals surface area contributed by atoms with Crippen LogP contribution >= 0.6 is 0 Å². The van der Waals surface area contributed by atoms with Gasteiger partial charge in [-0.3, -0.25) is 4.79 Å². The molecule has 1 aromatic heterocycles. The number of aromatic nitrogens is 2. The molecule has 2 N–H and O–H groups in total. The van der Waals surface area contributed by atoms with Crippen LogP contribution in [0.3, 0.4) is 0 Å². The number of carbonyl (C=O) groups excluding carboxylic acids is 1. The van der Waals surface area contributed by atoms with E-state index in [-0.39, 0.29) is 5.91 Å². The third kappa shape index (κ3) is 4.26. The second kappa shape index (κ2) is 7.51. The molecular formula is C16H20N4O2. The van der Waals surface area contributed by atoms with Crippen molar-refractivity contribution < 1.29 is 9.53 Å². The summed E-state index contributed by atoms with van der Waals surface area (Å²) >= 11 is 0. The van der Waals surface area contributed by atoms with Crippen molar-refractivity contribution in [1.29, 1.82) is 0 Å². The van der Waals surface area contributed by atoms with Crippen molar-refractivity contribution in [3.05, 3.63) is 47.3 Å². The van der Waals surface area contributed by atoms with Crippen LogP contribution in [0.4, 0.5) is 11.6 Å². The lowest BCUT2D eigenvalue weighted by Crippen LogP contribution is -2.17. The summed E-state index contributed by atoms with van der Waals surface area (Å²) in [7, 11) is 1.62. The lowest BCUT2D eigenvalue weighted by Gasteiger charge is -2.09. The highest BCUT2D eigenvalue weighted by Gasteiger charge is 2.10. The summed E-state index contributed by atoms with van der Waals surface area (Å²) < 4.78 is 4.95. The fourth-order valence-corrected chi connectivity index (χ4v) is 1.98. The second-order valence-corrected chi connectivity index (χ2v) is 4.96. The molecule has 0 spiro atoms. The number of methoxy groups -OCH3 is 1. The van der Waals surface area contributed by atoms with E-state index in [1.54, 1.807) is 19.4 Å². The van der Waals surface area contributed by atoms with Crippen LogP contribution in [0, 0.1) is 13.8 Å². The lowest BCUT2D eigenvalue weighted by atomic mass is 10.1. The molecular weight excluding hydrogens is 280 g/mol. The number of anilines is 2. The molecule has 1 aromatic carbocycles. The number of hydrogen-bond donors (Lipinski definition) is 2. The van der Waals surface area contributed by atoms with Gasteiger partial charge in [0.25, 0.3) is 5.91 Å². The van der Waals surface area contributed by atoms with Gasteiger partial charge in [-0.15, -0.1) is 0 Å². The average Bonchev–Trinajstić information content (AvgIpc) is 2.50. The van der Waals surface area contributed by atoms with Crippen LogP contribution in [0.2, 0.25) is 0 Å². The van der Waals surface area contributed by atoms with Crippen LogP contribution < -0.4 is 10.6 Å². The van der Waals surface area contributed by atoms with Gasteiger partial charge in [0.15, 0.2) is 0 Å². The Morgan fingerprint density at radius 1 is 1.27 bits per heavy atom. The molecule has 6 heteroatoms. The Kier molecular flexibility index (Phi) is 5.43. The predicted octanol–water partition coefficient (Wildman–Crippen LogP) is 2.40. The fraction of sp³-hybridized carbons (Fsp3) is 0.312. The first-order chi connectivity index (χ1) is 10.6. The van der Waals surface area contributed by atoms with Gasteiger partial charge in [0.1, 0.15) is 5.69 Å². The highest BCUT2D eigenvalue weighted by molar-refractivity contribution is 6.03. The average molecular weight is 300 g/mol. The van der Waals surface area contributed by atoms with E-state index >= 15 is 0 Å². The molecule has 0 unspecified atom stereocenters. The van der Waals surface area contributed by atoms with E-state index in [4.69, 9.17) is 4.74 Å². The van der Waals surface area contributed by atoms with Crippen molar-refractivity contribution in [2.45, 2.75) is 13.8 Å². The molecule has 2 aromatic rings. The summed E-state index contributed by atoms with van der Waals surface area (Å²) in [4.78, 5) is 20.5. The van der Waals surface area contributed by atoms with Gasteiger partial charge in [-0.05, 0) is 31.5 Å². The molecule has 0 saturated carbocycles. The summed E-state index contributed by atoms with van der Waals surface area (Å²) in [5.74, 6) is 0.148. The number of nitrogens with one attached hydrogen (secondary N) is 2. The summed E-state index contributed by atoms with van der Waals surface area (Å²) in [5, 5.41) is 5.86. The molecule has 0 fully saturated rings. The molecule has 0 bridgehead atoms. The van der Waals surface area contributed by atoms with E-state index < -0.39 is 0 Å². The van der Waals surface area contributed by atoms with E-state index in [0.29, 0.717) is 24.8 Å². The SMILES string of the molecule is COCCNc1nccc(C(=O)Nc2ccc(C)cc2C)n1. The number of nitrogens with zero attached hydrogens (tertiary/aromatic N) is 2. The number of aryl methyl sites for hydroxylation is 2. The number of ether oxygens (including phenoxy) is 1. The molecule has 22 heavy (non-hydrogen) atoms. The minimum absolute atomic E-state index is 0.260. The molecule has 6 nitrogen and oxygen atoms in total. The molecule has 0 aliphatic rings. The first-order valence-electron chi connectivity index (χ1n) is 7.04. The molecule has 2 rings (SSSR count). The second-order valence-electron chi connectivity index (χ2n) is 4.96. The van der Waals surface area contributed by atoms with Gasteiger partial charge >= 0.3 is 0 Å². The Balaban J connectivity index is 2.07. The largest absolute Gasteiger partial charge is 0.383 e. The topological polar surface area (TPSA) is 76.1 Å². The van der Waals surface area contributed by atoms with Crippen molar-refractivity contribution in [1.82, 2.24) is 9.97 Å². The van der Waals surface area contributed by atoms with E-state index in [0.717, 1.165) is 16.8 Å². The van der Waals surface area contributed by atoms with Crippen molar-refractivity contribution in [3.63, 3.8) is 0 Å². The quantitative estimate of drug-likeness (QED) is 0.801. The first kappa shape index (κ1) is 15.9. The van der Waals surface area contributed by atoms with Gasteiger partial charge in [0.05, 0.1) is 6.61 Å². The monoisotopic (exact) mass is 300 g/mol. The normalized spacial score (nSPS) is 10.3. The molecule has 116 valence electrons. The zero-order chi connectivity index (χ0) is 15.9. The van der Waals surface area contributed by atoms with Gasteiger partial charge < -0.3 is 15.4 Å². The van der Waals surface area contributed by atoms with Crippen LogP contribution in [0.5, 0.6) is 0 Å². The molecule has 0 radical (unpaired) electrons. The highest BCUT2D eigenvalue weighted by atomic mass is 16.5. The van der Waals surface area contributed by atoms with Crippen molar-refractivity contribution in [3.8, 4) is 0 Å². The number of benzene rings is 1. The third-order valence-electron chi connectivity index (χ3n) is 3.11. The highest BCUT2D eigenvalue weighted by Crippen LogP contribution is 2.16. The Bertz CT molecular complexity index is 658. The number of amides is 1. The molecule has 0 aliphatic carbocycles. The maximum absolute atomic E-state index is 12.3. The maximum atomic E-state index is 12.3. The molecule has 0 atom stereocenters. The van der Waals surface area contributed by atoms with E-state index in [9.17, 15) is 4.79 Å². The molecule has 0 saturated heterocycles. The number of rotatable bonds is 6. The van der Waals surface area contributed by atoms with Gasteiger partial charge in [-0.1, -0.05) is 17.7 Å². The summed E-state index contributed by atoms with van der Waals surface area (Å²) in [6.45, 7) is 5.10. The fourth-order valence-electron chi connectivity index (χ4n) is 1.98. The van der Waals surface area contributed by atoms with E-state index in [1.165, 1.54) is 0 Å². The Morgan fingerprint density at radius 3 is 2.82 bits per heavy atom. The summed E-state index contributed by atoms with van der Waals surface area (Å²) in [5.41, 5.74) is 3.26. The van der Waals surface area contributed by atoms with Gasteiger partial charge in [-0.25, -0.2) is 9.97 Å². The number of hydrogen-bond acceptors (Lipinski definition) is 5. The van der Waals surface area contributed by atoms with Gasteiger partial charge in [-0.2, -0.15) is 0 Å². The molecule has 0 aliphatic heterocycles. The van der Waals surface area contributed by atoms with Crippen molar-refractivity contribution >= 4 is 17.5 Å². The Labute approximate surface area is 129 Å². The van der Waals surface area contributed by atoms with E-state index in [1.807, 2.05) is 32.0 Å². The standard InChI is InChI=1S/C16H20N4O2/c1-11-4-5-13(12(2)10-11)19-15(21)14-6-7-17-16(20-14)18-8-9-22-3/h4-7,10H,8-9H2,1-3H3,(H,19,21)(H,17,18,20).